The first kappa shape index (κ1) is 28.9. The molecule has 11 nitrogen and oxygen atoms in total. The van der Waals surface area contributed by atoms with E-state index < -0.39 is 33.8 Å². The number of halogens is 1. The molecule has 0 saturated carbocycles. The lowest BCUT2D eigenvalue weighted by Gasteiger charge is -2.19. The summed E-state index contributed by atoms with van der Waals surface area (Å²) in [6, 6.07) is 14.9. The van der Waals surface area contributed by atoms with Crippen LogP contribution < -0.4 is 21.1 Å². The molecule has 0 bridgehead atoms. The van der Waals surface area contributed by atoms with E-state index in [2.05, 4.69) is 36.9 Å². The number of pyridine rings is 1. The lowest BCUT2D eigenvalue weighted by atomic mass is 10.1. The Balaban J connectivity index is 1.75. The number of benzene rings is 2. The van der Waals surface area contributed by atoms with E-state index in [0.717, 1.165) is 4.47 Å². The maximum atomic E-state index is 13.1. The number of nitrogens with zero attached hydrogens (tertiary/aromatic N) is 2. The number of anilines is 2. The summed E-state index contributed by atoms with van der Waals surface area (Å²) in [5.74, 6) is -1.25. The molecule has 0 aliphatic heterocycles. The Labute approximate surface area is 229 Å². The highest BCUT2D eigenvalue weighted by atomic mass is 79.9. The molecular formula is C25H27BrN6O5S. The monoisotopic (exact) mass is 602 g/mol. The first-order valence-electron chi connectivity index (χ1n) is 11.3. The maximum absolute atomic E-state index is 13.1. The zero-order chi connectivity index (χ0) is 27.9. The average molecular weight is 603 g/mol. The highest BCUT2D eigenvalue weighted by Gasteiger charge is 2.25. The second-order valence-electron chi connectivity index (χ2n) is 8.58. The van der Waals surface area contributed by atoms with Gasteiger partial charge in [-0.1, -0.05) is 30.3 Å². The number of hydrogen-bond donors (Lipinski definition) is 4. The molecule has 0 radical (unpaired) electrons. The summed E-state index contributed by atoms with van der Waals surface area (Å²) in [5, 5.41) is 13.2. The van der Waals surface area contributed by atoms with Crippen molar-refractivity contribution in [1.29, 1.82) is 0 Å². The average Bonchev–Trinajstić information content (AvgIpc) is 2.84. The molecule has 38 heavy (non-hydrogen) atoms. The van der Waals surface area contributed by atoms with Crippen molar-refractivity contribution in [1.82, 2.24) is 15.2 Å². The minimum absolute atomic E-state index is 0.0215. The van der Waals surface area contributed by atoms with Gasteiger partial charge in [-0.15, -0.1) is 0 Å². The quantitative estimate of drug-likeness (QED) is 0.276. The van der Waals surface area contributed by atoms with Crippen molar-refractivity contribution in [2.75, 3.05) is 31.3 Å². The van der Waals surface area contributed by atoms with E-state index in [-0.39, 0.29) is 17.9 Å². The van der Waals surface area contributed by atoms with Crippen molar-refractivity contribution in [3.8, 4) is 11.1 Å². The van der Waals surface area contributed by atoms with Crippen LogP contribution in [0.25, 0.3) is 11.1 Å². The summed E-state index contributed by atoms with van der Waals surface area (Å²) in [4.78, 5) is 43.7. The van der Waals surface area contributed by atoms with Crippen LogP contribution in [0.5, 0.6) is 0 Å². The van der Waals surface area contributed by atoms with Crippen LogP contribution in [0.1, 0.15) is 6.42 Å². The fraction of sp³-hybridized carbons (Fsp3) is 0.200. The van der Waals surface area contributed by atoms with Gasteiger partial charge in [-0.2, -0.15) is 0 Å². The highest BCUT2D eigenvalue weighted by Crippen LogP contribution is 2.27. The SMILES string of the molecule is CN(C)CC(=O)NC(CC(=O)Nc1ccc(Br)cn1)C(=O)Nc1ccc(-c2ccccc2S(N)(=O)=O)cc1. The normalized spacial score (nSPS) is 12.0. The molecule has 0 saturated heterocycles. The minimum atomic E-state index is -3.94. The van der Waals surface area contributed by atoms with Crippen LogP contribution in [0.15, 0.2) is 76.2 Å². The molecule has 1 unspecified atom stereocenters. The molecule has 1 atom stereocenters. The summed E-state index contributed by atoms with van der Waals surface area (Å²) in [6.07, 6.45) is 1.19. The Bertz CT molecular complexity index is 1410. The van der Waals surface area contributed by atoms with Crippen molar-refractivity contribution in [2.45, 2.75) is 17.4 Å². The third-order valence-corrected chi connectivity index (χ3v) is 6.59. The van der Waals surface area contributed by atoms with Gasteiger partial charge in [0.25, 0.3) is 0 Å². The molecule has 0 aliphatic rings. The van der Waals surface area contributed by atoms with E-state index in [0.29, 0.717) is 22.6 Å². The standard InChI is InChI=1S/C25H27BrN6O5S/c1-32(2)15-24(34)30-20(13-23(33)31-22-12-9-17(26)14-28-22)25(35)29-18-10-7-16(8-11-18)19-5-3-4-6-21(19)38(27,36)37/h3-12,14,20H,13,15H2,1-2H3,(H,29,35)(H,30,34)(H2,27,36,37)(H,28,31,33). The molecule has 13 heteroatoms. The van der Waals surface area contributed by atoms with E-state index in [9.17, 15) is 22.8 Å². The number of hydrogen-bond acceptors (Lipinski definition) is 7. The van der Waals surface area contributed by atoms with Crippen LogP contribution in [0, 0.1) is 0 Å². The van der Waals surface area contributed by atoms with Gasteiger partial charge in [-0.25, -0.2) is 18.5 Å². The summed E-state index contributed by atoms with van der Waals surface area (Å²) in [5.41, 5.74) is 1.37. The van der Waals surface area contributed by atoms with Gasteiger partial charge in [0.05, 0.1) is 17.9 Å². The second-order valence-corrected chi connectivity index (χ2v) is 11.0. The number of likely N-dealkylation sites (N-methyl/N-ethyl adjacent to an activating group) is 1. The van der Waals surface area contributed by atoms with E-state index in [4.69, 9.17) is 5.14 Å². The van der Waals surface area contributed by atoms with Gasteiger partial charge < -0.3 is 20.9 Å². The van der Waals surface area contributed by atoms with E-state index >= 15 is 0 Å². The van der Waals surface area contributed by atoms with Gasteiger partial charge in [0, 0.05) is 21.9 Å². The number of carbonyl (C=O) groups is 3. The highest BCUT2D eigenvalue weighted by molar-refractivity contribution is 9.10. The molecule has 1 aromatic heterocycles. The Morgan fingerprint density at radius 3 is 2.26 bits per heavy atom. The van der Waals surface area contributed by atoms with Crippen molar-refractivity contribution in [2.24, 2.45) is 5.14 Å². The Kier molecular flexibility index (Phi) is 9.69. The van der Waals surface area contributed by atoms with Crippen molar-refractivity contribution in [3.05, 3.63) is 71.3 Å². The number of amides is 3. The van der Waals surface area contributed by atoms with Gasteiger partial charge >= 0.3 is 0 Å². The minimum Gasteiger partial charge on any atom is -0.343 e. The second kappa shape index (κ2) is 12.7. The van der Waals surface area contributed by atoms with Gasteiger partial charge in [0.15, 0.2) is 0 Å². The largest absolute Gasteiger partial charge is 0.343 e. The van der Waals surface area contributed by atoms with Crippen LogP contribution >= 0.6 is 15.9 Å². The molecule has 0 aliphatic carbocycles. The van der Waals surface area contributed by atoms with Gasteiger partial charge in [0.1, 0.15) is 11.9 Å². The number of primary sulfonamides is 1. The first-order chi connectivity index (χ1) is 17.9. The third-order valence-electron chi connectivity index (χ3n) is 5.15. The molecular weight excluding hydrogens is 576 g/mol. The zero-order valence-corrected chi connectivity index (χ0v) is 23.0. The van der Waals surface area contributed by atoms with Crippen molar-refractivity contribution < 1.29 is 22.8 Å². The number of nitrogens with two attached hydrogens (primary N) is 1. The topological polar surface area (TPSA) is 164 Å². The van der Waals surface area contributed by atoms with E-state index in [1.165, 1.54) is 12.3 Å². The molecule has 5 N–H and O–H groups in total. The molecule has 2 aromatic carbocycles. The van der Waals surface area contributed by atoms with Crippen molar-refractivity contribution in [3.63, 3.8) is 0 Å². The van der Waals surface area contributed by atoms with Crippen molar-refractivity contribution >= 4 is 55.2 Å². The van der Waals surface area contributed by atoms with Crippen LogP contribution in [0.3, 0.4) is 0 Å². The van der Waals surface area contributed by atoms with Gasteiger partial charge in [-0.3, -0.25) is 14.4 Å². The summed E-state index contributed by atoms with van der Waals surface area (Å²) < 4.78 is 24.6. The van der Waals surface area contributed by atoms with Crippen LogP contribution in [-0.4, -0.2) is 62.7 Å². The number of nitrogens with one attached hydrogen (secondary N) is 3. The predicted octanol–water partition coefficient (Wildman–Crippen LogP) is 2.17. The van der Waals surface area contributed by atoms with Crippen LogP contribution in [0.4, 0.5) is 11.5 Å². The van der Waals surface area contributed by atoms with E-state index in [1.54, 1.807) is 73.6 Å². The third kappa shape index (κ3) is 8.45. The van der Waals surface area contributed by atoms with Crippen LogP contribution in [-0.2, 0) is 24.4 Å². The molecule has 3 amide bonds. The number of sulfonamides is 1. The summed E-state index contributed by atoms with van der Waals surface area (Å²) >= 11 is 3.27. The number of rotatable bonds is 10. The summed E-state index contributed by atoms with van der Waals surface area (Å²) in [6.45, 7) is 0.0256. The fourth-order valence-electron chi connectivity index (χ4n) is 3.48. The molecule has 0 spiro atoms. The predicted molar refractivity (Wildman–Crippen MR) is 148 cm³/mol. The first-order valence-corrected chi connectivity index (χ1v) is 13.6. The lowest BCUT2D eigenvalue weighted by Crippen LogP contribution is -2.48. The number of carbonyl (C=O) groups excluding carboxylic acids is 3. The summed E-state index contributed by atoms with van der Waals surface area (Å²) in [7, 11) is -0.528. The van der Waals surface area contributed by atoms with E-state index in [1.807, 2.05) is 0 Å². The Hall–Kier alpha value is -3.65. The molecule has 0 fully saturated rings. The molecule has 1 heterocycles. The van der Waals surface area contributed by atoms with Crippen LogP contribution in [0.2, 0.25) is 0 Å². The Morgan fingerprint density at radius 2 is 1.66 bits per heavy atom. The molecule has 3 rings (SSSR count). The van der Waals surface area contributed by atoms with Gasteiger partial charge in [0.2, 0.25) is 27.7 Å². The zero-order valence-electron chi connectivity index (χ0n) is 20.6. The smallest absolute Gasteiger partial charge is 0.247 e. The fourth-order valence-corrected chi connectivity index (χ4v) is 4.48. The molecule has 3 aromatic rings. The maximum Gasteiger partial charge on any atom is 0.247 e. The Morgan fingerprint density at radius 1 is 0.974 bits per heavy atom. The molecule has 200 valence electrons. The van der Waals surface area contributed by atoms with Gasteiger partial charge in [-0.05, 0) is 65.9 Å². The lowest BCUT2D eigenvalue weighted by molar-refractivity contribution is -0.128. The number of aromatic nitrogens is 1.